The predicted octanol–water partition coefficient (Wildman–Crippen LogP) is 3.64. The van der Waals surface area contributed by atoms with Gasteiger partial charge in [-0.2, -0.15) is 0 Å². The number of halogens is 2. The standard InChI is InChI=1S/C21H10F2O7/c22-17-10(19(26)27)7-13-16(18(17)23)20(28)30-21(13)11-3-1-8(24)5-14(11)29-15-6-9(25)2-4-12(15)21/h1-7,24-25H,(H,26,27). The number of carboxylic acids is 1. The molecule has 2 aliphatic heterocycles. The summed E-state index contributed by atoms with van der Waals surface area (Å²) in [7, 11) is 0. The first-order chi connectivity index (χ1) is 14.2. The van der Waals surface area contributed by atoms with E-state index in [9.17, 15) is 33.7 Å². The lowest BCUT2D eigenvalue weighted by atomic mass is 9.77. The van der Waals surface area contributed by atoms with E-state index >= 15 is 0 Å². The minimum Gasteiger partial charge on any atom is -0.508 e. The van der Waals surface area contributed by atoms with Crippen molar-refractivity contribution in [3.05, 3.63) is 81.9 Å². The van der Waals surface area contributed by atoms with Gasteiger partial charge in [0.15, 0.2) is 17.2 Å². The zero-order chi connectivity index (χ0) is 21.4. The third-order valence-corrected chi connectivity index (χ3v) is 5.18. The number of carbonyl (C=O) groups is 2. The van der Waals surface area contributed by atoms with E-state index in [1.165, 1.54) is 36.4 Å². The average Bonchev–Trinajstić information content (AvgIpc) is 2.96. The second-order valence-corrected chi connectivity index (χ2v) is 6.81. The number of hydrogen-bond acceptors (Lipinski definition) is 6. The molecule has 3 aromatic rings. The highest BCUT2D eigenvalue weighted by Crippen LogP contribution is 2.57. The van der Waals surface area contributed by atoms with Crippen LogP contribution < -0.4 is 4.74 Å². The van der Waals surface area contributed by atoms with E-state index in [1.807, 2.05) is 0 Å². The maximum Gasteiger partial charge on any atom is 0.343 e. The van der Waals surface area contributed by atoms with Gasteiger partial charge in [-0.1, -0.05) is 0 Å². The topological polar surface area (TPSA) is 113 Å². The number of phenolic OH excluding ortho intramolecular Hbond substituents is 2. The average molecular weight is 412 g/mol. The van der Waals surface area contributed by atoms with Crippen molar-refractivity contribution < 1.29 is 43.2 Å². The number of aromatic carboxylic acids is 1. The van der Waals surface area contributed by atoms with Crippen LogP contribution in [-0.2, 0) is 10.3 Å². The highest BCUT2D eigenvalue weighted by Gasteiger charge is 2.55. The van der Waals surface area contributed by atoms with Crippen LogP contribution in [0.2, 0.25) is 0 Å². The van der Waals surface area contributed by atoms with Gasteiger partial charge in [-0.25, -0.2) is 18.4 Å². The number of carbonyl (C=O) groups excluding carboxylic acids is 1. The molecule has 0 saturated heterocycles. The predicted molar refractivity (Wildman–Crippen MR) is 94.9 cm³/mol. The van der Waals surface area contributed by atoms with Crippen LogP contribution in [0.25, 0.3) is 0 Å². The van der Waals surface area contributed by atoms with Crippen LogP contribution in [0.5, 0.6) is 23.0 Å². The van der Waals surface area contributed by atoms with Gasteiger partial charge in [-0.15, -0.1) is 0 Å². The summed E-state index contributed by atoms with van der Waals surface area (Å²) in [6.45, 7) is 0. The largest absolute Gasteiger partial charge is 0.508 e. The SMILES string of the molecule is O=C(O)c1cc2c(c(F)c1F)C(=O)OC21c2ccc(O)cc2Oc2cc(O)ccc21. The number of hydrogen-bond donors (Lipinski definition) is 3. The lowest BCUT2D eigenvalue weighted by Gasteiger charge is -2.36. The van der Waals surface area contributed by atoms with Gasteiger partial charge < -0.3 is 24.8 Å². The number of phenols is 2. The summed E-state index contributed by atoms with van der Waals surface area (Å²) >= 11 is 0. The Hall–Kier alpha value is -4.14. The molecule has 3 N–H and O–H groups in total. The Morgan fingerprint density at radius 2 is 1.43 bits per heavy atom. The summed E-state index contributed by atoms with van der Waals surface area (Å²) in [6.07, 6.45) is 0. The molecule has 30 heavy (non-hydrogen) atoms. The molecule has 0 amide bonds. The van der Waals surface area contributed by atoms with E-state index in [0.29, 0.717) is 0 Å². The molecule has 2 aliphatic rings. The van der Waals surface area contributed by atoms with Gasteiger partial charge in [0.05, 0.1) is 5.56 Å². The summed E-state index contributed by atoms with van der Waals surface area (Å²) < 4.78 is 40.3. The van der Waals surface area contributed by atoms with Gasteiger partial charge in [0, 0.05) is 28.8 Å². The van der Waals surface area contributed by atoms with Gasteiger partial charge >= 0.3 is 11.9 Å². The monoisotopic (exact) mass is 412 g/mol. The van der Waals surface area contributed by atoms with E-state index in [4.69, 9.17) is 9.47 Å². The van der Waals surface area contributed by atoms with Crippen molar-refractivity contribution in [1.82, 2.24) is 0 Å². The molecule has 3 aromatic carbocycles. The fraction of sp³-hybridized carbons (Fsp3) is 0.0476. The molecule has 5 rings (SSSR count). The molecule has 0 aliphatic carbocycles. The molecule has 0 saturated carbocycles. The number of rotatable bonds is 1. The summed E-state index contributed by atoms with van der Waals surface area (Å²) in [5.74, 6) is -6.57. The Kier molecular flexibility index (Phi) is 3.40. The number of carboxylic acid groups (broad SMARTS) is 1. The van der Waals surface area contributed by atoms with Crippen molar-refractivity contribution in [2.24, 2.45) is 0 Å². The van der Waals surface area contributed by atoms with Crippen molar-refractivity contribution in [2.75, 3.05) is 0 Å². The highest BCUT2D eigenvalue weighted by atomic mass is 19.2. The first kappa shape index (κ1) is 17.9. The number of ether oxygens (including phenoxy) is 2. The molecule has 150 valence electrons. The number of esters is 1. The molecule has 2 heterocycles. The minimum atomic E-state index is -1.88. The van der Waals surface area contributed by atoms with Crippen LogP contribution in [-0.4, -0.2) is 27.3 Å². The molecule has 0 bridgehead atoms. The van der Waals surface area contributed by atoms with Gasteiger partial charge in [-0.05, 0) is 30.3 Å². The molecule has 9 heteroatoms. The highest BCUT2D eigenvalue weighted by molar-refractivity contribution is 5.99. The van der Waals surface area contributed by atoms with Crippen molar-refractivity contribution in [2.45, 2.75) is 5.60 Å². The minimum absolute atomic E-state index is 0.0235. The van der Waals surface area contributed by atoms with Gasteiger partial charge in [0.25, 0.3) is 0 Å². The van der Waals surface area contributed by atoms with Crippen LogP contribution in [0.15, 0.2) is 42.5 Å². The molecule has 0 atom stereocenters. The van der Waals surface area contributed by atoms with E-state index in [1.54, 1.807) is 0 Å². The van der Waals surface area contributed by atoms with Gasteiger partial charge in [0.2, 0.25) is 0 Å². The van der Waals surface area contributed by atoms with Crippen LogP contribution in [0.1, 0.15) is 37.4 Å². The Balaban J connectivity index is 1.94. The van der Waals surface area contributed by atoms with E-state index in [-0.39, 0.29) is 39.7 Å². The van der Waals surface area contributed by atoms with Crippen molar-refractivity contribution in [3.8, 4) is 23.0 Å². The summed E-state index contributed by atoms with van der Waals surface area (Å²) in [4.78, 5) is 24.1. The van der Waals surface area contributed by atoms with Gasteiger partial charge in [0.1, 0.15) is 28.6 Å². The van der Waals surface area contributed by atoms with Gasteiger partial charge in [-0.3, -0.25) is 0 Å². The summed E-state index contributed by atoms with van der Waals surface area (Å²) in [5, 5.41) is 29.0. The Labute approximate surface area is 166 Å². The van der Waals surface area contributed by atoms with E-state index in [2.05, 4.69) is 0 Å². The first-order valence-electron chi connectivity index (χ1n) is 8.58. The number of benzene rings is 3. The maximum atomic E-state index is 14.7. The Bertz CT molecular complexity index is 1250. The van der Waals surface area contributed by atoms with Crippen LogP contribution in [0, 0.1) is 11.6 Å². The zero-order valence-corrected chi connectivity index (χ0v) is 14.8. The number of aromatic hydroxyl groups is 2. The summed E-state index contributed by atoms with van der Waals surface area (Å²) in [6, 6.07) is 8.56. The van der Waals surface area contributed by atoms with Crippen molar-refractivity contribution in [1.29, 1.82) is 0 Å². The van der Waals surface area contributed by atoms with E-state index < -0.39 is 40.3 Å². The zero-order valence-electron chi connectivity index (χ0n) is 14.8. The summed E-state index contributed by atoms with van der Waals surface area (Å²) in [5.41, 5.74) is -3.50. The fourth-order valence-electron chi connectivity index (χ4n) is 3.94. The van der Waals surface area contributed by atoms with Crippen molar-refractivity contribution in [3.63, 3.8) is 0 Å². The van der Waals surface area contributed by atoms with Crippen molar-refractivity contribution >= 4 is 11.9 Å². The molecule has 0 aromatic heterocycles. The second-order valence-electron chi connectivity index (χ2n) is 6.81. The second kappa shape index (κ2) is 5.69. The van der Waals surface area contributed by atoms with Crippen LogP contribution in [0.4, 0.5) is 8.78 Å². The van der Waals surface area contributed by atoms with Crippen LogP contribution in [0.3, 0.4) is 0 Å². The quantitative estimate of drug-likeness (QED) is 0.523. The Morgan fingerprint density at radius 3 is 1.97 bits per heavy atom. The van der Waals surface area contributed by atoms with E-state index in [0.717, 1.165) is 6.07 Å². The normalized spacial score (nSPS) is 15.1. The molecular formula is C21H10F2O7. The third kappa shape index (κ3) is 2.11. The molecule has 7 nitrogen and oxygen atoms in total. The molecule has 1 spiro atoms. The lowest BCUT2D eigenvalue weighted by Crippen LogP contribution is -2.33. The molecular weight excluding hydrogens is 402 g/mol. The van der Waals surface area contributed by atoms with Crippen LogP contribution >= 0.6 is 0 Å². The maximum absolute atomic E-state index is 14.7. The third-order valence-electron chi connectivity index (χ3n) is 5.18. The molecule has 0 unspecified atom stereocenters. The smallest absolute Gasteiger partial charge is 0.343 e. The molecule has 0 fully saturated rings. The lowest BCUT2D eigenvalue weighted by molar-refractivity contribution is 0.0222. The number of fused-ring (bicyclic) bond motifs is 6. The molecule has 0 radical (unpaired) electrons. The fourth-order valence-corrected chi connectivity index (χ4v) is 3.94. The first-order valence-corrected chi connectivity index (χ1v) is 8.58. The Morgan fingerprint density at radius 1 is 0.867 bits per heavy atom.